The number of amides is 1. The summed E-state index contributed by atoms with van der Waals surface area (Å²) in [6.07, 6.45) is 11.2. The Labute approximate surface area is 241 Å². The zero-order valence-corrected chi connectivity index (χ0v) is 24.5. The first-order chi connectivity index (χ1) is 19.1. The van der Waals surface area contributed by atoms with Gasteiger partial charge in [-0.05, 0) is 80.7 Å². The summed E-state index contributed by atoms with van der Waals surface area (Å²) in [4.78, 5) is 18.8. The second-order valence-corrected chi connectivity index (χ2v) is 13.1. The van der Waals surface area contributed by atoms with Crippen LogP contribution in [0.15, 0.2) is 39.7 Å². The minimum atomic E-state index is 0.0591. The molecule has 8 heteroatoms. The van der Waals surface area contributed by atoms with Crippen LogP contribution in [-0.4, -0.2) is 65.9 Å². The van der Waals surface area contributed by atoms with Crippen molar-refractivity contribution in [1.29, 1.82) is 0 Å². The number of benzene rings is 1. The zero-order chi connectivity index (χ0) is 26.8. The maximum absolute atomic E-state index is 13.6. The molecule has 4 fully saturated rings. The summed E-state index contributed by atoms with van der Waals surface area (Å²) in [5, 5.41) is 3.43. The van der Waals surface area contributed by atoms with Gasteiger partial charge >= 0.3 is 0 Å². The number of unbranched alkanes of at least 4 members (excludes halogenated alkanes) is 2. The first kappa shape index (κ1) is 27.1. The van der Waals surface area contributed by atoms with Gasteiger partial charge in [0.05, 0.1) is 12.0 Å². The molecule has 2 saturated carbocycles. The second kappa shape index (κ2) is 12.2. The third-order valence-corrected chi connectivity index (χ3v) is 10.3. The topological polar surface area (TPSA) is 58.0 Å². The number of nitrogens with one attached hydrogen (secondary N) is 1. The van der Waals surface area contributed by atoms with Crippen molar-refractivity contribution >= 4 is 40.3 Å². The number of thiocarbonyl (C=S) groups is 1. The SMILES string of the molecule is COc1cccc(-c2cc(CCCCCN3CCNCC3)c(C=C3SC(=S)N(C4CC5CCC4C5)C3=O)o2)c1. The van der Waals surface area contributed by atoms with E-state index >= 15 is 0 Å². The van der Waals surface area contributed by atoms with Crippen LogP contribution in [0.2, 0.25) is 0 Å². The summed E-state index contributed by atoms with van der Waals surface area (Å²) >= 11 is 7.17. The number of thioether (sulfide) groups is 1. The van der Waals surface area contributed by atoms with Crippen molar-refractivity contribution in [3.05, 3.63) is 46.6 Å². The lowest BCUT2D eigenvalue weighted by Crippen LogP contribution is -2.43. The lowest BCUT2D eigenvalue weighted by molar-refractivity contribution is -0.124. The van der Waals surface area contributed by atoms with Gasteiger partial charge in [0.1, 0.15) is 21.6 Å². The average molecular weight is 566 g/mol. The molecule has 3 atom stereocenters. The number of furan rings is 1. The summed E-state index contributed by atoms with van der Waals surface area (Å²) < 4.78 is 12.6. The molecule has 0 spiro atoms. The fraction of sp³-hybridized carbons (Fsp3) is 0.548. The van der Waals surface area contributed by atoms with Crippen molar-refractivity contribution in [3.63, 3.8) is 0 Å². The fourth-order valence-electron chi connectivity index (χ4n) is 6.85. The normalized spacial score (nSPS) is 26.3. The van der Waals surface area contributed by atoms with Gasteiger partial charge in [0.25, 0.3) is 5.91 Å². The van der Waals surface area contributed by atoms with Gasteiger partial charge < -0.3 is 19.4 Å². The van der Waals surface area contributed by atoms with Crippen molar-refractivity contribution in [2.75, 3.05) is 39.8 Å². The highest BCUT2D eigenvalue weighted by atomic mass is 32.2. The van der Waals surface area contributed by atoms with Gasteiger partial charge in [-0.25, -0.2) is 0 Å². The minimum absolute atomic E-state index is 0.0591. The number of methoxy groups -OCH3 is 1. The molecular formula is C31H39N3O3S2. The van der Waals surface area contributed by atoms with E-state index in [1.54, 1.807) is 7.11 Å². The Bertz CT molecular complexity index is 1240. The molecule has 2 saturated heterocycles. The van der Waals surface area contributed by atoms with Gasteiger partial charge in [0.15, 0.2) is 0 Å². The number of carbonyl (C=O) groups is 1. The number of hydrogen-bond donors (Lipinski definition) is 1. The van der Waals surface area contributed by atoms with Gasteiger partial charge in [-0.15, -0.1) is 0 Å². The van der Waals surface area contributed by atoms with E-state index in [0.717, 1.165) is 79.8 Å². The molecule has 6 nitrogen and oxygen atoms in total. The lowest BCUT2D eigenvalue weighted by Gasteiger charge is -2.30. The van der Waals surface area contributed by atoms with Crippen LogP contribution >= 0.6 is 24.0 Å². The molecular weight excluding hydrogens is 526 g/mol. The summed E-state index contributed by atoms with van der Waals surface area (Å²) in [5.41, 5.74) is 2.13. The van der Waals surface area contributed by atoms with E-state index in [1.807, 2.05) is 35.2 Å². The smallest absolute Gasteiger partial charge is 0.266 e. The van der Waals surface area contributed by atoms with Crippen LogP contribution < -0.4 is 10.1 Å². The lowest BCUT2D eigenvalue weighted by atomic mass is 9.94. The molecule has 39 heavy (non-hydrogen) atoms. The van der Waals surface area contributed by atoms with Crippen molar-refractivity contribution in [2.24, 2.45) is 11.8 Å². The third kappa shape index (κ3) is 5.99. The molecule has 2 aromatic rings. The Morgan fingerprint density at radius 1 is 1.15 bits per heavy atom. The van der Waals surface area contributed by atoms with E-state index in [0.29, 0.717) is 15.1 Å². The third-order valence-electron chi connectivity index (χ3n) is 8.94. The Morgan fingerprint density at radius 2 is 2.03 bits per heavy atom. The number of ether oxygens (including phenoxy) is 1. The predicted molar refractivity (Wildman–Crippen MR) is 162 cm³/mol. The quantitative estimate of drug-likeness (QED) is 0.217. The average Bonchev–Trinajstić information content (AvgIpc) is 3.74. The maximum Gasteiger partial charge on any atom is 0.266 e. The van der Waals surface area contributed by atoms with Crippen LogP contribution in [-0.2, 0) is 11.2 Å². The van der Waals surface area contributed by atoms with Crippen LogP contribution in [0.1, 0.15) is 56.3 Å². The molecule has 0 radical (unpaired) electrons. The Hall–Kier alpha value is -2.13. The van der Waals surface area contributed by atoms with E-state index in [4.69, 9.17) is 21.4 Å². The van der Waals surface area contributed by atoms with Crippen molar-refractivity contribution < 1.29 is 13.9 Å². The van der Waals surface area contributed by atoms with Crippen molar-refractivity contribution in [1.82, 2.24) is 15.1 Å². The first-order valence-corrected chi connectivity index (χ1v) is 15.8. The predicted octanol–water partition coefficient (Wildman–Crippen LogP) is 5.96. The number of carbonyl (C=O) groups excluding carboxylic acids is 1. The summed E-state index contributed by atoms with van der Waals surface area (Å²) in [6.45, 7) is 5.66. The van der Waals surface area contributed by atoms with E-state index in [9.17, 15) is 4.79 Å². The van der Waals surface area contributed by atoms with Crippen LogP contribution in [0.25, 0.3) is 17.4 Å². The van der Waals surface area contributed by atoms with E-state index in [-0.39, 0.29) is 11.9 Å². The van der Waals surface area contributed by atoms with Gasteiger partial charge in [-0.1, -0.05) is 49.0 Å². The number of fused-ring (bicyclic) bond motifs is 2. The molecule has 1 aromatic heterocycles. The first-order valence-electron chi connectivity index (χ1n) is 14.6. The summed E-state index contributed by atoms with van der Waals surface area (Å²) in [7, 11) is 1.68. The second-order valence-electron chi connectivity index (χ2n) is 11.4. The van der Waals surface area contributed by atoms with Gasteiger partial charge in [0, 0.05) is 43.9 Å². The highest BCUT2D eigenvalue weighted by Gasteiger charge is 2.48. The molecule has 4 aliphatic rings. The van der Waals surface area contributed by atoms with E-state index < -0.39 is 0 Å². The van der Waals surface area contributed by atoms with E-state index in [1.165, 1.54) is 50.4 Å². The zero-order valence-electron chi connectivity index (χ0n) is 22.8. The summed E-state index contributed by atoms with van der Waals surface area (Å²) in [6, 6.07) is 10.4. The monoisotopic (exact) mass is 565 g/mol. The Kier molecular flexibility index (Phi) is 8.44. The van der Waals surface area contributed by atoms with Crippen LogP contribution in [0.3, 0.4) is 0 Å². The minimum Gasteiger partial charge on any atom is -0.497 e. The van der Waals surface area contributed by atoms with Crippen molar-refractivity contribution in [3.8, 4) is 17.1 Å². The number of nitrogens with zero attached hydrogens (tertiary/aromatic N) is 2. The fourth-order valence-corrected chi connectivity index (χ4v) is 8.20. The molecule has 6 rings (SSSR count). The molecule has 2 bridgehead atoms. The molecule has 2 aliphatic carbocycles. The van der Waals surface area contributed by atoms with Crippen molar-refractivity contribution in [2.45, 2.75) is 57.4 Å². The van der Waals surface area contributed by atoms with Crippen LogP contribution in [0.5, 0.6) is 5.75 Å². The largest absolute Gasteiger partial charge is 0.497 e. The maximum atomic E-state index is 13.6. The molecule has 1 amide bonds. The number of aryl methyl sites for hydroxylation is 1. The van der Waals surface area contributed by atoms with Crippen LogP contribution in [0, 0.1) is 11.8 Å². The van der Waals surface area contributed by atoms with Crippen LogP contribution in [0.4, 0.5) is 0 Å². The highest BCUT2D eigenvalue weighted by molar-refractivity contribution is 8.26. The Morgan fingerprint density at radius 3 is 2.79 bits per heavy atom. The highest BCUT2D eigenvalue weighted by Crippen LogP contribution is 2.49. The molecule has 3 heterocycles. The number of piperazine rings is 1. The molecule has 1 aromatic carbocycles. The standard InChI is InChI=1S/C31H39N3O3S2/c1-36-25-8-5-7-23(18-25)27-19-24(6-3-2-4-13-33-14-11-32-12-15-33)28(37-27)20-29-30(35)34(31(38)39-29)26-17-21-9-10-22(26)16-21/h5,7-8,18-22,26,32H,2-4,6,9-17H2,1H3. The van der Waals surface area contributed by atoms with Gasteiger partial charge in [-0.3, -0.25) is 9.69 Å². The molecule has 208 valence electrons. The number of hydrogen-bond acceptors (Lipinski definition) is 7. The summed E-state index contributed by atoms with van der Waals surface area (Å²) in [5.74, 6) is 3.82. The molecule has 2 aliphatic heterocycles. The van der Waals surface area contributed by atoms with Gasteiger partial charge in [0.2, 0.25) is 0 Å². The number of rotatable bonds is 10. The molecule has 1 N–H and O–H groups in total. The van der Waals surface area contributed by atoms with Gasteiger partial charge in [-0.2, -0.15) is 0 Å². The molecule has 3 unspecified atom stereocenters. The van der Waals surface area contributed by atoms with E-state index in [2.05, 4.69) is 16.3 Å². The Balaban J connectivity index is 1.18.